The number of rotatable bonds is 6. The Labute approximate surface area is 175 Å². The third kappa shape index (κ3) is 5.41. The molecule has 8 heteroatoms. The van der Waals surface area contributed by atoms with Crippen LogP contribution in [0, 0.1) is 0 Å². The van der Waals surface area contributed by atoms with E-state index in [1.54, 1.807) is 31.6 Å². The fourth-order valence-corrected chi connectivity index (χ4v) is 4.18. The fraction of sp³-hybridized carbons (Fsp3) is 0.429. The lowest BCUT2D eigenvalue weighted by atomic mass is 10.1. The maximum Gasteiger partial charge on any atom is 0.341 e. The van der Waals surface area contributed by atoms with E-state index in [4.69, 9.17) is 9.47 Å². The number of piperidine rings is 1. The van der Waals surface area contributed by atoms with E-state index in [0.717, 1.165) is 37.5 Å². The Hall–Kier alpha value is -2.74. The molecule has 2 N–H and O–H groups in total. The first kappa shape index (κ1) is 21.0. The van der Waals surface area contributed by atoms with Crippen LogP contribution in [0.4, 0.5) is 5.00 Å². The first-order valence-electron chi connectivity index (χ1n) is 9.65. The largest absolute Gasteiger partial charge is 0.496 e. The van der Waals surface area contributed by atoms with Crippen molar-refractivity contribution < 1.29 is 14.3 Å². The van der Waals surface area contributed by atoms with Gasteiger partial charge in [0.2, 0.25) is 0 Å². The molecule has 1 aromatic heterocycles. The van der Waals surface area contributed by atoms with E-state index in [9.17, 15) is 4.79 Å². The number of nitrogens with one attached hydrogen (secondary N) is 2. The van der Waals surface area contributed by atoms with E-state index >= 15 is 0 Å². The van der Waals surface area contributed by atoms with Crippen molar-refractivity contribution in [2.75, 3.05) is 39.3 Å². The summed E-state index contributed by atoms with van der Waals surface area (Å²) in [4.78, 5) is 18.6. The van der Waals surface area contributed by atoms with Crippen LogP contribution >= 0.6 is 11.3 Å². The minimum atomic E-state index is -0.410. The quantitative estimate of drug-likeness (QED) is 0.429. The molecule has 1 aromatic carbocycles. The van der Waals surface area contributed by atoms with Crippen molar-refractivity contribution >= 4 is 28.3 Å². The summed E-state index contributed by atoms with van der Waals surface area (Å²) in [6, 6.07) is 10.1. The molecule has 0 unspecified atom stereocenters. The van der Waals surface area contributed by atoms with Crippen molar-refractivity contribution in [2.24, 2.45) is 4.99 Å². The second-order valence-corrected chi connectivity index (χ2v) is 7.74. The predicted octanol–water partition coefficient (Wildman–Crippen LogP) is 2.88. The van der Waals surface area contributed by atoms with Crippen LogP contribution in [0.25, 0.3) is 0 Å². The lowest BCUT2D eigenvalue weighted by molar-refractivity contribution is 0.0597. The molecular weight excluding hydrogens is 388 g/mol. The van der Waals surface area contributed by atoms with Crippen LogP contribution in [-0.4, -0.2) is 52.3 Å². The average Bonchev–Trinajstić information content (AvgIpc) is 3.31. The summed E-state index contributed by atoms with van der Waals surface area (Å²) in [6.45, 7) is 2.66. The Morgan fingerprint density at radius 1 is 1.28 bits per heavy atom. The van der Waals surface area contributed by atoms with E-state index in [2.05, 4.69) is 38.0 Å². The molecule has 1 fully saturated rings. The van der Waals surface area contributed by atoms with Crippen molar-refractivity contribution in [3.63, 3.8) is 0 Å². The number of ether oxygens (including phenoxy) is 2. The molecule has 0 aliphatic carbocycles. The maximum absolute atomic E-state index is 11.8. The Bertz CT molecular complexity index is 830. The van der Waals surface area contributed by atoms with Crippen LogP contribution in [-0.2, 0) is 11.3 Å². The van der Waals surface area contributed by atoms with E-state index < -0.39 is 5.97 Å². The average molecular weight is 417 g/mol. The highest BCUT2D eigenvalue weighted by atomic mass is 32.1. The molecule has 0 amide bonds. The number of methoxy groups -OCH3 is 2. The van der Waals surface area contributed by atoms with Crippen molar-refractivity contribution in [3.05, 3.63) is 46.8 Å². The van der Waals surface area contributed by atoms with Gasteiger partial charge in [-0.15, -0.1) is 11.3 Å². The van der Waals surface area contributed by atoms with Gasteiger partial charge in [0.05, 0.1) is 19.2 Å². The van der Waals surface area contributed by atoms with Crippen molar-refractivity contribution in [1.82, 2.24) is 10.6 Å². The number of benzene rings is 1. The highest BCUT2D eigenvalue weighted by Gasteiger charge is 2.20. The van der Waals surface area contributed by atoms with Crippen LogP contribution in [0.3, 0.4) is 0 Å². The van der Waals surface area contributed by atoms with Crippen LogP contribution in [0.2, 0.25) is 0 Å². The van der Waals surface area contributed by atoms with Gasteiger partial charge in [0.15, 0.2) is 5.96 Å². The summed E-state index contributed by atoms with van der Waals surface area (Å²) >= 11 is 1.79. The number of carbonyl (C=O) groups excluding carboxylic acids is 1. The Morgan fingerprint density at radius 3 is 2.69 bits per heavy atom. The number of nitrogens with zero attached hydrogens (tertiary/aromatic N) is 2. The van der Waals surface area contributed by atoms with Gasteiger partial charge >= 0.3 is 5.97 Å². The summed E-state index contributed by atoms with van der Waals surface area (Å²) in [7, 11) is 4.68. The molecule has 0 spiro atoms. The van der Waals surface area contributed by atoms with Crippen molar-refractivity contribution in [1.29, 1.82) is 0 Å². The van der Waals surface area contributed by atoms with E-state index in [1.807, 2.05) is 12.1 Å². The Morgan fingerprint density at radius 2 is 2.07 bits per heavy atom. The van der Waals surface area contributed by atoms with E-state index in [-0.39, 0.29) is 0 Å². The molecule has 1 aliphatic rings. The molecular formula is C21H28N4O3S. The second kappa shape index (κ2) is 10.2. The minimum Gasteiger partial charge on any atom is -0.496 e. The molecule has 1 aliphatic heterocycles. The number of anilines is 1. The second-order valence-electron chi connectivity index (χ2n) is 6.81. The molecule has 2 heterocycles. The van der Waals surface area contributed by atoms with Gasteiger partial charge in [-0.2, -0.15) is 0 Å². The Kier molecular flexibility index (Phi) is 7.35. The van der Waals surface area contributed by atoms with E-state index in [0.29, 0.717) is 23.9 Å². The van der Waals surface area contributed by atoms with Gasteiger partial charge in [-0.05, 0) is 48.1 Å². The Balaban J connectivity index is 1.51. The third-order valence-corrected chi connectivity index (χ3v) is 5.94. The molecule has 156 valence electrons. The first-order valence-corrected chi connectivity index (χ1v) is 10.5. The zero-order valence-electron chi connectivity index (χ0n) is 17.1. The molecule has 0 bridgehead atoms. The standard InChI is InChI=1S/C21H28N4O3S/c1-22-21(24-16-8-10-25(11-9-16)19-5-4-12-29-19)23-14-15-6-7-17(20(26)28-3)18(13-15)27-2/h4-7,12-13,16H,8-11,14H2,1-3H3,(H2,22,23,24). The van der Waals surface area contributed by atoms with Crippen LogP contribution in [0.1, 0.15) is 28.8 Å². The summed E-state index contributed by atoms with van der Waals surface area (Å²) in [5, 5.41) is 10.3. The first-order chi connectivity index (χ1) is 14.1. The van der Waals surface area contributed by atoms with Crippen molar-refractivity contribution in [3.8, 4) is 5.75 Å². The van der Waals surface area contributed by atoms with Gasteiger partial charge < -0.3 is 25.0 Å². The lowest BCUT2D eigenvalue weighted by Crippen LogP contribution is -2.48. The maximum atomic E-state index is 11.8. The number of thiophene rings is 1. The SMILES string of the molecule is CN=C(NCc1ccc(C(=O)OC)c(OC)c1)NC1CCN(c2cccs2)CC1. The number of aliphatic imine (C=N–C) groups is 1. The molecule has 3 rings (SSSR count). The van der Waals surface area contributed by atoms with Gasteiger partial charge in [0.25, 0.3) is 0 Å². The monoisotopic (exact) mass is 416 g/mol. The third-order valence-electron chi connectivity index (χ3n) is 5.01. The van der Waals surface area contributed by atoms with Crippen LogP contribution < -0.4 is 20.3 Å². The molecule has 0 radical (unpaired) electrons. The summed E-state index contributed by atoms with van der Waals surface area (Å²) < 4.78 is 10.1. The highest BCUT2D eigenvalue weighted by Crippen LogP contribution is 2.25. The number of hydrogen-bond acceptors (Lipinski definition) is 6. The molecule has 1 saturated heterocycles. The van der Waals surface area contributed by atoms with Gasteiger partial charge in [-0.3, -0.25) is 4.99 Å². The van der Waals surface area contributed by atoms with E-state index in [1.165, 1.54) is 12.1 Å². The molecule has 0 saturated carbocycles. The minimum absolute atomic E-state index is 0.397. The smallest absolute Gasteiger partial charge is 0.341 e. The highest BCUT2D eigenvalue weighted by molar-refractivity contribution is 7.14. The zero-order chi connectivity index (χ0) is 20.6. The van der Waals surface area contributed by atoms with Gasteiger partial charge in [-0.25, -0.2) is 4.79 Å². The number of guanidine groups is 1. The lowest BCUT2D eigenvalue weighted by Gasteiger charge is -2.33. The normalized spacial score (nSPS) is 15.1. The topological polar surface area (TPSA) is 75.2 Å². The van der Waals surface area contributed by atoms with Crippen LogP contribution in [0.5, 0.6) is 5.75 Å². The van der Waals surface area contributed by atoms with Gasteiger partial charge in [-0.1, -0.05) is 6.07 Å². The number of hydrogen-bond donors (Lipinski definition) is 2. The summed E-state index contributed by atoms with van der Waals surface area (Å²) in [6.07, 6.45) is 2.14. The number of carbonyl (C=O) groups is 1. The molecule has 0 atom stereocenters. The predicted molar refractivity (Wildman–Crippen MR) is 117 cm³/mol. The summed E-state index contributed by atoms with van der Waals surface area (Å²) in [5.74, 6) is 0.864. The van der Waals surface area contributed by atoms with Gasteiger partial charge in [0.1, 0.15) is 11.3 Å². The zero-order valence-corrected chi connectivity index (χ0v) is 17.9. The van der Waals surface area contributed by atoms with Gasteiger partial charge in [0, 0.05) is 32.7 Å². The number of esters is 1. The summed E-state index contributed by atoms with van der Waals surface area (Å²) in [5.41, 5.74) is 1.41. The molecule has 7 nitrogen and oxygen atoms in total. The fourth-order valence-electron chi connectivity index (χ4n) is 3.39. The van der Waals surface area contributed by atoms with Crippen LogP contribution in [0.15, 0.2) is 40.7 Å². The van der Waals surface area contributed by atoms with Crippen molar-refractivity contribution in [2.45, 2.75) is 25.4 Å². The molecule has 29 heavy (non-hydrogen) atoms. The molecule has 2 aromatic rings.